The van der Waals surface area contributed by atoms with E-state index < -0.39 is 0 Å². The molecule has 4 rings (SSSR count). The Morgan fingerprint density at radius 1 is 1.05 bits per heavy atom. The second-order valence-electron chi connectivity index (χ2n) is 9.48. The van der Waals surface area contributed by atoms with E-state index in [1.807, 2.05) is 53.7 Å². The number of nitrogens with zero attached hydrogens (tertiary/aromatic N) is 4. The third kappa shape index (κ3) is 7.20. The third-order valence-corrected chi connectivity index (χ3v) is 7.03. The van der Waals surface area contributed by atoms with Crippen LogP contribution in [-0.2, 0) is 22.4 Å². The lowest BCUT2D eigenvalue weighted by Crippen LogP contribution is -2.55. The van der Waals surface area contributed by atoms with Gasteiger partial charge in [0, 0.05) is 56.7 Å². The number of nitrogens with one attached hydrogen (secondary N) is 3. The Morgan fingerprint density at radius 3 is 2.53 bits per heavy atom. The van der Waals surface area contributed by atoms with Gasteiger partial charge in [0.05, 0.1) is 6.04 Å². The number of hydrogen-bond acceptors (Lipinski definition) is 5. The van der Waals surface area contributed by atoms with Gasteiger partial charge in [-0.1, -0.05) is 48.5 Å². The van der Waals surface area contributed by atoms with Gasteiger partial charge in [0.15, 0.2) is 6.19 Å². The molecule has 0 bridgehead atoms. The summed E-state index contributed by atoms with van der Waals surface area (Å²) >= 11 is 0. The van der Waals surface area contributed by atoms with Crippen molar-refractivity contribution >= 4 is 28.6 Å². The summed E-state index contributed by atoms with van der Waals surface area (Å²) in [5, 5.41) is 16.3. The second-order valence-corrected chi connectivity index (χ2v) is 9.48. The number of fused-ring (bicyclic) bond motifs is 1. The summed E-state index contributed by atoms with van der Waals surface area (Å²) in [6.45, 7) is 4.65. The van der Waals surface area contributed by atoms with E-state index in [1.165, 1.54) is 5.56 Å². The van der Waals surface area contributed by atoms with Crippen LogP contribution in [0.15, 0.2) is 65.8 Å². The van der Waals surface area contributed by atoms with Gasteiger partial charge in [-0.25, -0.2) is 0 Å². The number of aryl methyl sites for hydroxylation is 1. The molecule has 3 aromatic rings. The van der Waals surface area contributed by atoms with Crippen LogP contribution in [0, 0.1) is 11.5 Å². The number of aromatic amines is 1. The maximum atomic E-state index is 12.6. The number of piperazine rings is 1. The van der Waals surface area contributed by atoms with Gasteiger partial charge < -0.3 is 15.2 Å². The number of para-hydroxylation sites is 1. The number of aliphatic imine (C=N–C) groups is 1. The number of nitriles is 1. The van der Waals surface area contributed by atoms with Gasteiger partial charge in [-0.05, 0) is 36.5 Å². The number of rotatable bonds is 10. The fraction of sp³-hybridized carbons (Fsp3) is 0.379. The summed E-state index contributed by atoms with van der Waals surface area (Å²) < 4.78 is 0. The minimum atomic E-state index is -0.190. The van der Waals surface area contributed by atoms with Crippen molar-refractivity contribution in [3.8, 4) is 6.19 Å². The first-order chi connectivity index (χ1) is 18.5. The third-order valence-electron chi connectivity index (χ3n) is 7.03. The van der Waals surface area contributed by atoms with E-state index in [0.717, 1.165) is 29.3 Å². The number of aromatic nitrogens is 1. The van der Waals surface area contributed by atoms with Gasteiger partial charge in [0.1, 0.15) is 12.4 Å². The van der Waals surface area contributed by atoms with Crippen LogP contribution in [0.2, 0.25) is 0 Å². The maximum absolute atomic E-state index is 12.6. The van der Waals surface area contributed by atoms with Gasteiger partial charge in [-0.15, -0.1) is 0 Å². The monoisotopic (exact) mass is 513 g/mol. The van der Waals surface area contributed by atoms with Crippen molar-refractivity contribution in [3.05, 3.63) is 71.9 Å². The summed E-state index contributed by atoms with van der Waals surface area (Å²) in [5.74, 6) is 0.371. The Hall–Kier alpha value is -4.16. The largest absolute Gasteiger partial charge is 0.361 e. The summed E-state index contributed by atoms with van der Waals surface area (Å²) in [7, 11) is 0. The van der Waals surface area contributed by atoms with E-state index in [4.69, 9.17) is 0 Å². The molecule has 1 aromatic heterocycles. The van der Waals surface area contributed by atoms with Crippen LogP contribution < -0.4 is 10.6 Å². The lowest BCUT2D eigenvalue weighted by molar-refractivity contribution is -0.130. The van der Waals surface area contributed by atoms with Crippen LogP contribution in [0.3, 0.4) is 0 Å². The van der Waals surface area contributed by atoms with Gasteiger partial charge in [0.25, 0.3) is 0 Å². The molecule has 1 fully saturated rings. The number of carbonyl (C=O) groups excluding carboxylic acids is 2. The fourth-order valence-electron chi connectivity index (χ4n) is 4.96. The molecule has 2 aromatic carbocycles. The molecule has 1 saturated heterocycles. The Bertz CT molecular complexity index is 1290. The summed E-state index contributed by atoms with van der Waals surface area (Å²) in [4.78, 5) is 36.4. The summed E-state index contributed by atoms with van der Waals surface area (Å²) in [5.41, 5.74) is 3.43. The zero-order valence-electron chi connectivity index (χ0n) is 21.8. The highest BCUT2D eigenvalue weighted by Gasteiger charge is 2.28. The first-order valence-electron chi connectivity index (χ1n) is 13.1. The zero-order chi connectivity index (χ0) is 26.7. The molecule has 2 amide bonds. The molecule has 3 N–H and O–H groups in total. The molecule has 1 atom stereocenters. The molecule has 9 nitrogen and oxygen atoms in total. The van der Waals surface area contributed by atoms with Crippen LogP contribution in [0.25, 0.3) is 10.9 Å². The predicted molar refractivity (Wildman–Crippen MR) is 148 cm³/mol. The highest BCUT2D eigenvalue weighted by atomic mass is 16.2. The predicted octanol–water partition coefficient (Wildman–Crippen LogP) is 2.46. The smallest absolute Gasteiger partial charge is 0.241 e. The Morgan fingerprint density at radius 2 is 1.79 bits per heavy atom. The van der Waals surface area contributed by atoms with Crippen LogP contribution in [0.1, 0.15) is 24.5 Å². The molecule has 1 unspecified atom stereocenters. The van der Waals surface area contributed by atoms with E-state index in [2.05, 4.69) is 43.7 Å². The van der Waals surface area contributed by atoms with Crippen LogP contribution in [0.5, 0.6) is 0 Å². The van der Waals surface area contributed by atoms with Crippen LogP contribution in [0.4, 0.5) is 0 Å². The Balaban J connectivity index is 1.39. The van der Waals surface area contributed by atoms with E-state index in [1.54, 1.807) is 6.92 Å². The van der Waals surface area contributed by atoms with Crippen molar-refractivity contribution < 1.29 is 9.59 Å². The minimum Gasteiger partial charge on any atom is -0.361 e. The van der Waals surface area contributed by atoms with Crippen molar-refractivity contribution in [2.75, 3.05) is 39.3 Å². The van der Waals surface area contributed by atoms with Gasteiger partial charge >= 0.3 is 0 Å². The highest BCUT2D eigenvalue weighted by Crippen LogP contribution is 2.18. The Kier molecular flexibility index (Phi) is 9.48. The maximum Gasteiger partial charge on any atom is 0.241 e. The van der Waals surface area contributed by atoms with Crippen molar-refractivity contribution in [1.82, 2.24) is 25.4 Å². The van der Waals surface area contributed by atoms with Gasteiger partial charge in [0.2, 0.25) is 11.8 Å². The zero-order valence-corrected chi connectivity index (χ0v) is 21.8. The van der Waals surface area contributed by atoms with E-state index >= 15 is 0 Å². The van der Waals surface area contributed by atoms with E-state index in [0.29, 0.717) is 45.0 Å². The molecule has 9 heteroatoms. The standard InChI is InChI=1S/C29H35N7O2/c1-22(37)35-15-17-36(18-16-35)27(12-11-23-7-3-2-4-8-23)29(34-21-30)33-20-28(38)31-14-13-24-19-32-26-10-6-5-9-25(24)26/h2-10,19,27,32H,11-18,20H2,1H3,(H,31,38)(H,33,34). The molecule has 38 heavy (non-hydrogen) atoms. The summed E-state index contributed by atoms with van der Waals surface area (Å²) in [6, 6.07) is 18.1. The molecule has 0 spiro atoms. The number of carbonyl (C=O) groups is 2. The van der Waals surface area contributed by atoms with Crippen LogP contribution in [-0.4, -0.2) is 77.7 Å². The molecule has 0 aliphatic carbocycles. The topological polar surface area (TPSA) is 117 Å². The molecule has 0 radical (unpaired) electrons. The normalized spacial score (nSPS) is 15.2. The van der Waals surface area contributed by atoms with Crippen molar-refractivity contribution in [3.63, 3.8) is 0 Å². The first-order valence-corrected chi connectivity index (χ1v) is 13.1. The average molecular weight is 514 g/mol. The second kappa shape index (κ2) is 13.4. The first kappa shape index (κ1) is 26.9. The molecule has 1 aliphatic rings. The van der Waals surface area contributed by atoms with Gasteiger partial charge in [-0.3, -0.25) is 24.8 Å². The van der Waals surface area contributed by atoms with Crippen molar-refractivity contribution in [1.29, 1.82) is 5.26 Å². The lowest BCUT2D eigenvalue weighted by atomic mass is 10.0. The quantitative estimate of drug-likeness (QED) is 0.167. The molecule has 0 saturated carbocycles. The Labute approximate surface area is 223 Å². The number of hydrogen-bond donors (Lipinski definition) is 3. The minimum absolute atomic E-state index is 0.0624. The summed E-state index contributed by atoms with van der Waals surface area (Å²) in [6.07, 6.45) is 6.24. The van der Waals surface area contributed by atoms with Crippen molar-refractivity contribution in [2.24, 2.45) is 4.99 Å². The van der Waals surface area contributed by atoms with Crippen LogP contribution >= 0.6 is 0 Å². The SMILES string of the molecule is CC(=O)N1CCN(C(CCc2ccccc2)C(=NCC(=O)NCCc2c[nH]c3ccccc23)NC#N)CC1. The lowest BCUT2D eigenvalue weighted by Gasteiger charge is -2.39. The van der Waals surface area contributed by atoms with E-state index in [-0.39, 0.29) is 24.4 Å². The fourth-order valence-corrected chi connectivity index (χ4v) is 4.96. The van der Waals surface area contributed by atoms with Gasteiger partial charge in [-0.2, -0.15) is 5.26 Å². The average Bonchev–Trinajstić information content (AvgIpc) is 3.35. The number of amidine groups is 1. The molecule has 2 heterocycles. The molecule has 198 valence electrons. The van der Waals surface area contributed by atoms with E-state index in [9.17, 15) is 14.9 Å². The number of benzene rings is 2. The molecular weight excluding hydrogens is 478 g/mol. The molecular formula is C29H35N7O2. The highest BCUT2D eigenvalue weighted by molar-refractivity contribution is 5.91. The number of amides is 2. The number of H-pyrrole nitrogens is 1. The van der Waals surface area contributed by atoms with Crippen molar-refractivity contribution in [2.45, 2.75) is 32.2 Å². The molecule has 1 aliphatic heterocycles.